The van der Waals surface area contributed by atoms with E-state index >= 15 is 0 Å². The van der Waals surface area contributed by atoms with Crippen molar-refractivity contribution in [1.29, 1.82) is 0 Å². The molecule has 0 radical (unpaired) electrons. The maximum Gasteiger partial charge on any atom is 0.400 e. The highest BCUT2D eigenvalue weighted by atomic mass is 16.7. The molecule has 0 unspecified atom stereocenters. The number of benzene rings is 2. The summed E-state index contributed by atoms with van der Waals surface area (Å²) >= 11 is 0. The average molecular weight is 425 g/mol. The molecule has 0 saturated heterocycles. The van der Waals surface area contributed by atoms with E-state index in [1.54, 1.807) is 30.3 Å². The first-order chi connectivity index (χ1) is 15.0. The van der Waals surface area contributed by atoms with Crippen molar-refractivity contribution >= 4 is 17.5 Å². The van der Waals surface area contributed by atoms with Crippen LogP contribution in [0.25, 0.3) is 0 Å². The number of furan rings is 1. The van der Waals surface area contributed by atoms with Crippen LogP contribution in [0.5, 0.6) is 11.5 Å². The number of oxime groups is 1. The van der Waals surface area contributed by atoms with Gasteiger partial charge in [0.1, 0.15) is 23.9 Å². The third kappa shape index (κ3) is 5.82. The number of hydrogen-bond acceptors (Lipinski definition) is 8. The van der Waals surface area contributed by atoms with Crippen LogP contribution in [0.1, 0.15) is 28.8 Å². The molecule has 31 heavy (non-hydrogen) atoms. The Hall–Kier alpha value is -4.34. The van der Waals surface area contributed by atoms with E-state index in [0.717, 1.165) is 5.75 Å². The van der Waals surface area contributed by atoms with Gasteiger partial charge in [0.2, 0.25) is 5.76 Å². The third-order valence-electron chi connectivity index (χ3n) is 3.98. The lowest BCUT2D eigenvalue weighted by molar-refractivity contribution is -0.384. The molecule has 0 aliphatic carbocycles. The van der Waals surface area contributed by atoms with Crippen LogP contribution < -0.4 is 15.2 Å². The molecule has 0 amide bonds. The molecule has 160 valence electrons. The minimum Gasteiger partial charge on any atom is -0.494 e. The van der Waals surface area contributed by atoms with E-state index in [1.807, 2.05) is 6.92 Å². The quantitative estimate of drug-likeness (QED) is 0.180. The molecule has 2 aromatic carbocycles. The maximum absolute atomic E-state index is 12.1. The fourth-order valence-corrected chi connectivity index (χ4v) is 2.46. The fourth-order valence-electron chi connectivity index (χ4n) is 2.46. The van der Waals surface area contributed by atoms with Crippen molar-refractivity contribution in [2.24, 2.45) is 10.9 Å². The van der Waals surface area contributed by atoms with Gasteiger partial charge in [-0.05, 0) is 55.5 Å². The minimum absolute atomic E-state index is 0.0782. The van der Waals surface area contributed by atoms with Crippen molar-refractivity contribution < 1.29 is 28.4 Å². The van der Waals surface area contributed by atoms with Gasteiger partial charge in [0.25, 0.3) is 5.69 Å². The lowest BCUT2D eigenvalue weighted by Gasteiger charge is -2.06. The second-order valence-corrected chi connectivity index (χ2v) is 6.12. The fraction of sp³-hybridized carbons (Fsp3) is 0.143. The number of hydrogen-bond donors (Lipinski definition) is 1. The summed E-state index contributed by atoms with van der Waals surface area (Å²) in [4.78, 5) is 27.0. The number of nitro groups is 1. The number of non-ortho nitro benzene ring substituents is 1. The largest absolute Gasteiger partial charge is 0.494 e. The molecule has 1 aromatic heterocycles. The van der Waals surface area contributed by atoms with Gasteiger partial charge in [-0.3, -0.25) is 10.1 Å². The SMILES string of the molecule is CCOc1ccc(OCc2ccc(C(=O)O/N=C(\N)c3ccc([N+](=O)[O-])cc3)o2)cc1. The Morgan fingerprint density at radius 1 is 1.03 bits per heavy atom. The number of rotatable bonds is 9. The van der Waals surface area contributed by atoms with Crippen LogP contribution in [0.15, 0.2) is 70.2 Å². The standard InChI is InChI=1S/C21H19N3O7/c1-2-28-16-7-9-17(10-8-16)29-13-18-11-12-19(30-18)21(25)31-23-20(22)14-3-5-15(6-4-14)24(26)27/h3-12H,2,13H2,1H3,(H2,22,23). The third-order valence-corrected chi connectivity index (χ3v) is 3.98. The predicted octanol–water partition coefficient (Wildman–Crippen LogP) is 3.64. The van der Waals surface area contributed by atoms with E-state index in [4.69, 9.17) is 24.5 Å². The summed E-state index contributed by atoms with van der Waals surface area (Å²) in [5, 5.41) is 14.2. The highest BCUT2D eigenvalue weighted by Gasteiger charge is 2.14. The molecule has 3 rings (SSSR count). The van der Waals surface area contributed by atoms with Gasteiger partial charge in [-0.15, -0.1) is 0 Å². The van der Waals surface area contributed by atoms with Gasteiger partial charge in [-0.25, -0.2) is 4.79 Å². The maximum atomic E-state index is 12.1. The van der Waals surface area contributed by atoms with Gasteiger partial charge >= 0.3 is 5.97 Å². The van der Waals surface area contributed by atoms with Gasteiger partial charge < -0.3 is 24.5 Å². The lowest BCUT2D eigenvalue weighted by atomic mass is 10.2. The summed E-state index contributed by atoms with van der Waals surface area (Å²) < 4.78 is 16.4. The van der Waals surface area contributed by atoms with Gasteiger partial charge in [0.15, 0.2) is 5.84 Å². The van der Waals surface area contributed by atoms with Crippen molar-refractivity contribution in [1.82, 2.24) is 0 Å². The van der Waals surface area contributed by atoms with E-state index in [9.17, 15) is 14.9 Å². The molecule has 0 spiro atoms. The Kier molecular flexibility index (Phi) is 6.84. The lowest BCUT2D eigenvalue weighted by Crippen LogP contribution is -2.15. The van der Waals surface area contributed by atoms with E-state index in [1.165, 1.54) is 30.3 Å². The number of carbonyl (C=O) groups excluding carboxylic acids is 1. The molecule has 10 heteroatoms. The van der Waals surface area contributed by atoms with E-state index in [2.05, 4.69) is 5.16 Å². The van der Waals surface area contributed by atoms with Crippen LogP contribution in [0.2, 0.25) is 0 Å². The first-order valence-electron chi connectivity index (χ1n) is 9.20. The summed E-state index contributed by atoms with van der Waals surface area (Å²) in [5.74, 6) is 0.723. The molecular weight excluding hydrogens is 406 g/mol. The summed E-state index contributed by atoms with van der Waals surface area (Å²) in [6.45, 7) is 2.59. The van der Waals surface area contributed by atoms with Gasteiger partial charge in [0, 0.05) is 17.7 Å². The van der Waals surface area contributed by atoms with Crippen molar-refractivity contribution in [3.05, 3.63) is 87.9 Å². The van der Waals surface area contributed by atoms with Crippen LogP contribution in [-0.4, -0.2) is 23.3 Å². The number of ether oxygens (including phenoxy) is 2. The Balaban J connectivity index is 1.54. The molecule has 10 nitrogen and oxygen atoms in total. The molecule has 0 atom stereocenters. The number of nitro benzene ring substituents is 1. The first-order valence-corrected chi connectivity index (χ1v) is 9.20. The van der Waals surface area contributed by atoms with Gasteiger partial charge in [0.05, 0.1) is 11.5 Å². The van der Waals surface area contributed by atoms with Crippen LogP contribution >= 0.6 is 0 Å². The first kappa shape index (κ1) is 21.4. The zero-order valence-electron chi connectivity index (χ0n) is 16.5. The van der Waals surface area contributed by atoms with Crippen molar-refractivity contribution in [2.75, 3.05) is 6.61 Å². The molecule has 3 aromatic rings. The van der Waals surface area contributed by atoms with Gasteiger partial charge in [-0.1, -0.05) is 5.16 Å². The monoisotopic (exact) mass is 425 g/mol. The van der Waals surface area contributed by atoms with E-state index in [0.29, 0.717) is 23.7 Å². The summed E-state index contributed by atoms with van der Waals surface area (Å²) in [6.07, 6.45) is 0. The Bertz CT molecular complexity index is 1070. The van der Waals surface area contributed by atoms with Crippen LogP contribution in [0.3, 0.4) is 0 Å². The van der Waals surface area contributed by atoms with E-state index < -0.39 is 10.9 Å². The van der Waals surface area contributed by atoms with Crippen molar-refractivity contribution in [3.63, 3.8) is 0 Å². The average Bonchev–Trinajstić information content (AvgIpc) is 3.26. The summed E-state index contributed by atoms with van der Waals surface area (Å²) in [5.41, 5.74) is 6.01. The number of nitrogens with two attached hydrogens (primary N) is 1. The molecular formula is C21H19N3O7. The van der Waals surface area contributed by atoms with Gasteiger partial charge in [-0.2, -0.15) is 0 Å². The molecule has 0 saturated carbocycles. The molecule has 0 aliphatic rings. The highest BCUT2D eigenvalue weighted by Crippen LogP contribution is 2.19. The minimum atomic E-state index is -0.850. The smallest absolute Gasteiger partial charge is 0.400 e. The Morgan fingerprint density at radius 3 is 2.29 bits per heavy atom. The summed E-state index contributed by atoms with van der Waals surface area (Å²) in [6, 6.07) is 15.4. The molecule has 1 heterocycles. The molecule has 0 fully saturated rings. The highest BCUT2D eigenvalue weighted by molar-refractivity contribution is 5.98. The number of nitrogens with zero attached hydrogens (tertiary/aromatic N) is 2. The van der Waals surface area contributed by atoms with Crippen molar-refractivity contribution in [3.8, 4) is 11.5 Å². The van der Waals surface area contributed by atoms with Crippen LogP contribution in [-0.2, 0) is 11.4 Å². The molecule has 0 aliphatic heterocycles. The number of amidine groups is 1. The number of carbonyl (C=O) groups is 1. The zero-order valence-corrected chi connectivity index (χ0v) is 16.5. The Labute approximate surface area is 177 Å². The second kappa shape index (κ2) is 9.92. The van der Waals surface area contributed by atoms with E-state index in [-0.39, 0.29) is 23.9 Å². The Morgan fingerprint density at radius 2 is 1.68 bits per heavy atom. The van der Waals surface area contributed by atoms with Crippen LogP contribution in [0, 0.1) is 10.1 Å². The normalized spacial score (nSPS) is 11.1. The zero-order chi connectivity index (χ0) is 22.2. The second-order valence-electron chi connectivity index (χ2n) is 6.12. The summed E-state index contributed by atoms with van der Waals surface area (Å²) in [7, 11) is 0. The molecule has 0 bridgehead atoms. The molecule has 2 N–H and O–H groups in total. The topological polar surface area (TPSA) is 139 Å². The van der Waals surface area contributed by atoms with Crippen LogP contribution in [0.4, 0.5) is 5.69 Å². The predicted molar refractivity (Wildman–Crippen MR) is 110 cm³/mol. The van der Waals surface area contributed by atoms with Crippen molar-refractivity contribution in [2.45, 2.75) is 13.5 Å².